The van der Waals surface area contributed by atoms with Crippen LogP contribution in [0.5, 0.6) is 0 Å². The second kappa shape index (κ2) is 4.33. The summed E-state index contributed by atoms with van der Waals surface area (Å²) in [5, 5.41) is 9.35. The average molecular weight is 276 g/mol. The minimum atomic E-state index is -1.66. The van der Waals surface area contributed by atoms with E-state index in [9.17, 15) is 22.7 Å². The minimum Gasteiger partial charge on any atom is -0.394 e. The molecule has 2 aliphatic rings. The molecule has 3 rings (SSSR count). The van der Waals surface area contributed by atoms with Gasteiger partial charge in [-0.1, -0.05) is 0 Å². The molecular formula is C12H12F4N2O. The average Bonchev–Trinajstić information content (AvgIpc) is 2.97. The highest BCUT2D eigenvalue weighted by Crippen LogP contribution is 2.46. The number of aliphatic hydroxyl groups is 1. The maximum absolute atomic E-state index is 13.8. The van der Waals surface area contributed by atoms with Crippen LogP contribution in [0.15, 0.2) is 0 Å². The molecule has 0 aromatic carbocycles. The fraction of sp³-hybridized carbons (Fsp3) is 0.583. The van der Waals surface area contributed by atoms with Gasteiger partial charge in [-0.3, -0.25) is 0 Å². The Morgan fingerprint density at radius 3 is 2.32 bits per heavy atom. The second-order valence-electron chi connectivity index (χ2n) is 5.05. The number of rotatable bonds is 2. The molecule has 3 atom stereocenters. The highest BCUT2D eigenvalue weighted by Gasteiger charge is 2.47. The van der Waals surface area contributed by atoms with E-state index in [1.54, 1.807) is 0 Å². The largest absolute Gasteiger partial charge is 0.394 e. The van der Waals surface area contributed by atoms with Crippen molar-refractivity contribution >= 4 is 5.69 Å². The van der Waals surface area contributed by atoms with Crippen LogP contribution in [0.25, 0.3) is 0 Å². The van der Waals surface area contributed by atoms with Crippen LogP contribution in [0.3, 0.4) is 0 Å². The molecule has 1 saturated heterocycles. The number of nitrogens with zero attached hydrogens (tertiary/aromatic N) is 2. The molecule has 1 saturated carbocycles. The van der Waals surface area contributed by atoms with Gasteiger partial charge in [0.25, 0.3) is 11.9 Å². The first-order valence-corrected chi connectivity index (χ1v) is 6.13. The van der Waals surface area contributed by atoms with E-state index in [4.69, 9.17) is 0 Å². The van der Waals surface area contributed by atoms with Crippen LogP contribution in [-0.4, -0.2) is 28.8 Å². The van der Waals surface area contributed by atoms with Gasteiger partial charge < -0.3 is 10.0 Å². The molecule has 3 unspecified atom stereocenters. The number of fused-ring (bicyclic) bond motifs is 2. The van der Waals surface area contributed by atoms with Crippen molar-refractivity contribution in [3.05, 3.63) is 23.5 Å². The molecule has 2 heterocycles. The summed E-state index contributed by atoms with van der Waals surface area (Å²) in [7, 11) is 0. The van der Waals surface area contributed by atoms with Crippen LogP contribution in [0.4, 0.5) is 23.2 Å². The summed E-state index contributed by atoms with van der Waals surface area (Å²) in [6.45, 7) is -0.300. The van der Waals surface area contributed by atoms with Gasteiger partial charge >= 0.3 is 0 Å². The third kappa shape index (κ3) is 1.71. The zero-order chi connectivity index (χ0) is 13.7. The van der Waals surface area contributed by atoms with E-state index in [1.165, 1.54) is 4.90 Å². The quantitative estimate of drug-likeness (QED) is 0.663. The summed E-state index contributed by atoms with van der Waals surface area (Å²) < 4.78 is 53.9. The monoisotopic (exact) mass is 276 g/mol. The Morgan fingerprint density at radius 1 is 1.11 bits per heavy atom. The van der Waals surface area contributed by atoms with E-state index in [-0.39, 0.29) is 18.6 Å². The molecule has 2 fully saturated rings. The predicted octanol–water partition coefficient (Wildman–Crippen LogP) is 1.99. The minimum absolute atomic E-state index is 0.105. The van der Waals surface area contributed by atoms with Gasteiger partial charge in [0.15, 0.2) is 0 Å². The maximum Gasteiger partial charge on any atom is 0.253 e. The van der Waals surface area contributed by atoms with Crippen LogP contribution in [0, 0.1) is 29.4 Å². The Bertz CT molecular complexity index is 499. The van der Waals surface area contributed by atoms with Crippen molar-refractivity contribution in [3.63, 3.8) is 0 Å². The number of halogens is 4. The van der Waals surface area contributed by atoms with E-state index in [0.717, 1.165) is 6.42 Å². The summed E-state index contributed by atoms with van der Waals surface area (Å²) in [4.78, 5) is 3.83. The summed E-state index contributed by atoms with van der Waals surface area (Å²) in [5.41, 5.74) is -0.740. The van der Waals surface area contributed by atoms with E-state index < -0.39 is 35.3 Å². The lowest BCUT2D eigenvalue weighted by Gasteiger charge is -2.36. The zero-order valence-electron chi connectivity index (χ0n) is 9.91. The normalized spacial score (nSPS) is 29.3. The molecule has 1 aromatic rings. The Labute approximate surface area is 106 Å². The number of pyridine rings is 1. The lowest BCUT2D eigenvalue weighted by Crippen LogP contribution is -2.44. The molecule has 0 amide bonds. The van der Waals surface area contributed by atoms with Gasteiger partial charge in [0.2, 0.25) is 11.6 Å². The summed E-state index contributed by atoms with van der Waals surface area (Å²) >= 11 is 0. The molecule has 1 aliphatic carbocycles. The molecule has 19 heavy (non-hydrogen) atoms. The number of aliphatic hydroxyl groups excluding tert-OH is 1. The topological polar surface area (TPSA) is 36.4 Å². The predicted molar refractivity (Wildman–Crippen MR) is 58.6 cm³/mol. The smallest absolute Gasteiger partial charge is 0.253 e. The number of aromatic nitrogens is 1. The van der Waals surface area contributed by atoms with Gasteiger partial charge in [0, 0.05) is 6.04 Å². The fourth-order valence-corrected chi connectivity index (χ4v) is 3.38. The summed E-state index contributed by atoms with van der Waals surface area (Å²) in [5.74, 6) is -6.20. The van der Waals surface area contributed by atoms with Gasteiger partial charge in [0.1, 0.15) is 5.69 Å². The second-order valence-corrected chi connectivity index (χ2v) is 5.05. The van der Waals surface area contributed by atoms with Crippen molar-refractivity contribution in [3.8, 4) is 0 Å². The van der Waals surface area contributed by atoms with Gasteiger partial charge in [-0.2, -0.15) is 22.5 Å². The maximum atomic E-state index is 13.8. The molecule has 2 bridgehead atoms. The zero-order valence-corrected chi connectivity index (χ0v) is 9.91. The molecule has 7 heteroatoms. The molecule has 0 spiro atoms. The molecule has 1 aliphatic heterocycles. The molecule has 3 nitrogen and oxygen atoms in total. The summed E-state index contributed by atoms with van der Waals surface area (Å²) in [6.07, 6.45) is 2.23. The standard InChI is InChI=1S/C12H12F4N2O/c13-8-10(9(14)12(16)17-11(8)15)18-6-2-1-5(3-6)7(18)4-19/h5-7,19H,1-4H2. The van der Waals surface area contributed by atoms with Gasteiger partial charge in [-0.25, -0.2) is 0 Å². The number of anilines is 1. The van der Waals surface area contributed by atoms with Crippen LogP contribution >= 0.6 is 0 Å². The Kier molecular flexibility index (Phi) is 2.88. The first-order valence-electron chi connectivity index (χ1n) is 6.13. The van der Waals surface area contributed by atoms with E-state index >= 15 is 0 Å². The lowest BCUT2D eigenvalue weighted by molar-refractivity contribution is 0.226. The molecular weight excluding hydrogens is 264 g/mol. The molecule has 0 radical (unpaired) electrons. The van der Waals surface area contributed by atoms with E-state index in [1.807, 2.05) is 0 Å². The van der Waals surface area contributed by atoms with Crippen molar-refractivity contribution in [1.29, 1.82) is 0 Å². The molecule has 104 valence electrons. The first-order chi connectivity index (χ1) is 9.04. The summed E-state index contributed by atoms with van der Waals surface area (Å²) in [6, 6.07) is -0.684. The lowest BCUT2D eigenvalue weighted by atomic mass is 9.99. The van der Waals surface area contributed by atoms with Crippen LogP contribution in [0.1, 0.15) is 19.3 Å². The Morgan fingerprint density at radius 2 is 1.74 bits per heavy atom. The Hall–Kier alpha value is -1.37. The Balaban J connectivity index is 2.12. The van der Waals surface area contributed by atoms with Crippen molar-refractivity contribution in [2.24, 2.45) is 5.92 Å². The van der Waals surface area contributed by atoms with Crippen molar-refractivity contribution in [1.82, 2.24) is 4.98 Å². The number of piperidine rings is 1. The third-order valence-corrected chi connectivity index (χ3v) is 4.16. The molecule has 1 N–H and O–H groups in total. The van der Waals surface area contributed by atoms with Crippen molar-refractivity contribution in [2.75, 3.05) is 11.5 Å². The van der Waals surface area contributed by atoms with E-state index in [2.05, 4.69) is 4.98 Å². The van der Waals surface area contributed by atoms with Crippen LogP contribution < -0.4 is 4.90 Å². The van der Waals surface area contributed by atoms with Crippen LogP contribution in [0.2, 0.25) is 0 Å². The first kappa shape index (κ1) is 12.7. The SMILES string of the molecule is OCC1C2CCC(C2)N1c1c(F)c(F)nc(F)c1F. The highest BCUT2D eigenvalue weighted by atomic mass is 19.2. The van der Waals surface area contributed by atoms with Gasteiger partial charge in [-0.15, -0.1) is 0 Å². The van der Waals surface area contributed by atoms with Crippen molar-refractivity contribution < 1.29 is 22.7 Å². The fourth-order valence-electron chi connectivity index (χ4n) is 3.38. The van der Waals surface area contributed by atoms with Crippen LogP contribution in [-0.2, 0) is 0 Å². The van der Waals surface area contributed by atoms with E-state index in [0.29, 0.717) is 12.8 Å². The third-order valence-electron chi connectivity index (χ3n) is 4.16. The number of hydrogen-bond acceptors (Lipinski definition) is 3. The molecule has 1 aromatic heterocycles. The number of hydrogen-bond donors (Lipinski definition) is 1. The van der Waals surface area contributed by atoms with Gasteiger partial charge in [-0.05, 0) is 25.2 Å². The van der Waals surface area contributed by atoms with Gasteiger partial charge in [0.05, 0.1) is 12.6 Å². The van der Waals surface area contributed by atoms with Crippen molar-refractivity contribution in [2.45, 2.75) is 31.3 Å². The highest BCUT2D eigenvalue weighted by molar-refractivity contribution is 5.53.